The van der Waals surface area contributed by atoms with Gasteiger partial charge in [-0.2, -0.15) is 4.99 Å². The van der Waals surface area contributed by atoms with Gasteiger partial charge in [-0.3, -0.25) is 0 Å². The molecule has 0 saturated heterocycles. The molecule has 1 aromatic carbocycles. The van der Waals surface area contributed by atoms with E-state index >= 15 is 0 Å². The minimum atomic E-state index is -3.51. The van der Waals surface area contributed by atoms with Crippen LogP contribution in [0.1, 0.15) is 31.2 Å². The molecule has 0 spiro atoms. The van der Waals surface area contributed by atoms with E-state index in [9.17, 15) is 13.2 Å². The molecule has 114 valence electrons. The highest BCUT2D eigenvalue weighted by atomic mass is 35.5. The number of methoxy groups -OCH3 is 1. The van der Waals surface area contributed by atoms with Gasteiger partial charge in [0.05, 0.1) is 17.7 Å². The quantitative estimate of drug-likeness (QED) is 0.629. The van der Waals surface area contributed by atoms with Gasteiger partial charge in [0, 0.05) is 6.26 Å². The van der Waals surface area contributed by atoms with Gasteiger partial charge in [0.1, 0.15) is 4.90 Å². The average molecular weight is 330 g/mol. The molecule has 0 bridgehead atoms. The lowest BCUT2D eigenvalue weighted by molar-refractivity contribution is 0.400. The van der Waals surface area contributed by atoms with Crippen molar-refractivity contribution in [2.75, 3.05) is 13.4 Å². The first-order valence-electron chi connectivity index (χ1n) is 6.51. The lowest BCUT2D eigenvalue weighted by Crippen LogP contribution is -2.20. The van der Waals surface area contributed by atoms with Crippen LogP contribution in [0.3, 0.4) is 0 Å². The second kappa shape index (κ2) is 5.79. The number of hydrogen-bond donors (Lipinski definition) is 0. The second-order valence-corrected chi connectivity index (χ2v) is 7.59. The van der Waals surface area contributed by atoms with Crippen LogP contribution in [-0.2, 0) is 20.2 Å². The molecule has 0 N–H and O–H groups in total. The summed E-state index contributed by atoms with van der Waals surface area (Å²) in [6.07, 6.45) is 5.89. The second-order valence-electron chi connectivity index (χ2n) is 5.20. The van der Waals surface area contributed by atoms with Crippen LogP contribution in [0.25, 0.3) is 0 Å². The predicted octanol–water partition coefficient (Wildman–Crippen LogP) is 2.86. The van der Waals surface area contributed by atoms with Crippen molar-refractivity contribution < 1.29 is 17.9 Å². The number of isocyanates is 1. The third kappa shape index (κ3) is 2.98. The van der Waals surface area contributed by atoms with Crippen molar-refractivity contribution in [2.45, 2.75) is 36.1 Å². The fourth-order valence-corrected chi connectivity index (χ4v) is 4.05. The van der Waals surface area contributed by atoms with Gasteiger partial charge < -0.3 is 4.74 Å². The first kappa shape index (κ1) is 16.0. The minimum Gasteiger partial charge on any atom is -0.494 e. The molecule has 0 aliphatic heterocycles. The molecule has 7 heteroatoms. The maximum atomic E-state index is 11.9. The summed E-state index contributed by atoms with van der Waals surface area (Å²) < 4.78 is 29.0. The molecule has 0 atom stereocenters. The van der Waals surface area contributed by atoms with Crippen LogP contribution in [-0.4, -0.2) is 27.9 Å². The average Bonchev–Trinajstić information content (AvgIpc) is 2.87. The number of nitrogens with zero attached hydrogens (tertiary/aromatic N) is 1. The van der Waals surface area contributed by atoms with Crippen LogP contribution in [0.5, 0.6) is 5.75 Å². The van der Waals surface area contributed by atoms with Gasteiger partial charge in [-0.1, -0.05) is 24.4 Å². The van der Waals surface area contributed by atoms with E-state index in [4.69, 9.17) is 16.3 Å². The van der Waals surface area contributed by atoms with Crippen molar-refractivity contribution in [1.82, 2.24) is 0 Å². The molecular weight excluding hydrogens is 314 g/mol. The lowest BCUT2D eigenvalue weighted by Gasteiger charge is -2.24. The van der Waals surface area contributed by atoms with Gasteiger partial charge >= 0.3 is 0 Å². The smallest absolute Gasteiger partial charge is 0.235 e. The van der Waals surface area contributed by atoms with E-state index in [-0.39, 0.29) is 15.7 Å². The fraction of sp³-hybridized carbons (Fsp3) is 0.500. The molecule has 0 radical (unpaired) electrons. The van der Waals surface area contributed by atoms with E-state index in [2.05, 4.69) is 4.99 Å². The standard InChI is InChI=1S/C14H16ClNO4S/c1-20-13-11(15)7-10(8-12(13)21(2,18)19)14(16-9-17)5-3-4-6-14/h7-8H,3-6H2,1-2H3. The Kier molecular flexibility index (Phi) is 4.42. The van der Waals surface area contributed by atoms with Crippen LogP contribution in [0.15, 0.2) is 22.0 Å². The number of halogens is 1. The van der Waals surface area contributed by atoms with Crippen molar-refractivity contribution >= 4 is 27.5 Å². The molecule has 21 heavy (non-hydrogen) atoms. The molecule has 1 aliphatic rings. The summed E-state index contributed by atoms with van der Waals surface area (Å²) >= 11 is 6.15. The third-order valence-electron chi connectivity index (χ3n) is 3.84. The molecular formula is C14H16ClNO4S. The van der Waals surface area contributed by atoms with Gasteiger partial charge in [0.25, 0.3) is 0 Å². The van der Waals surface area contributed by atoms with Crippen molar-refractivity contribution in [3.63, 3.8) is 0 Å². The first-order valence-corrected chi connectivity index (χ1v) is 8.78. The largest absolute Gasteiger partial charge is 0.494 e. The van der Waals surface area contributed by atoms with Crippen LogP contribution in [0.2, 0.25) is 5.02 Å². The molecule has 2 rings (SSSR count). The lowest BCUT2D eigenvalue weighted by atomic mass is 9.89. The van der Waals surface area contributed by atoms with E-state index in [1.807, 2.05) is 0 Å². The Labute approximate surface area is 128 Å². The molecule has 1 aliphatic carbocycles. The molecule has 1 saturated carbocycles. The number of carbonyl (C=O) groups excluding carboxylic acids is 1. The predicted molar refractivity (Wildman–Crippen MR) is 79.4 cm³/mol. The number of benzene rings is 1. The third-order valence-corrected chi connectivity index (χ3v) is 5.22. The van der Waals surface area contributed by atoms with Crippen LogP contribution in [0.4, 0.5) is 0 Å². The summed E-state index contributed by atoms with van der Waals surface area (Å²) in [5, 5.41) is 0.197. The first-order chi connectivity index (χ1) is 9.84. The van der Waals surface area contributed by atoms with Gasteiger partial charge in [0.15, 0.2) is 15.6 Å². The highest BCUT2D eigenvalue weighted by Crippen LogP contribution is 2.45. The highest BCUT2D eigenvalue weighted by molar-refractivity contribution is 7.90. The fourth-order valence-electron chi connectivity index (χ4n) is 2.82. The van der Waals surface area contributed by atoms with Gasteiger partial charge in [-0.25, -0.2) is 13.2 Å². The summed E-state index contributed by atoms with van der Waals surface area (Å²) in [5.74, 6) is 0.117. The van der Waals surface area contributed by atoms with E-state index in [1.165, 1.54) is 13.2 Å². The van der Waals surface area contributed by atoms with Crippen LogP contribution < -0.4 is 4.74 Å². The van der Waals surface area contributed by atoms with Crippen LogP contribution in [0, 0.1) is 0 Å². The van der Waals surface area contributed by atoms with E-state index in [0.717, 1.165) is 19.1 Å². The van der Waals surface area contributed by atoms with E-state index in [1.54, 1.807) is 12.1 Å². The number of aliphatic imine (C=N–C) groups is 1. The van der Waals surface area contributed by atoms with Gasteiger partial charge in [-0.05, 0) is 30.5 Å². The Morgan fingerprint density at radius 1 is 1.33 bits per heavy atom. The maximum absolute atomic E-state index is 11.9. The Morgan fingerprint density at radius 2 is 1.95 bits per heavy atom. The summed E-state index contributed by atoms with van der Waals surface area (Å²) in [6, 6.07) is 3.13. The highest BCUT2D eigenvalue weighted by Gasteiger charge is 2.37. The van der Waals surface area contributed by atoms with Crippen molar-refractivity contribution in [1.29, 1.82) is 0 Å². The molecule has 0 amide bonds. The Balaban J connectivity index is 2.71. The van der Waals surface area contributed by atoms with Crippen LogP contribution >= 0.6 is 11.6 Å². The number of hydrogen-bond acceptors (Lipinski definition) is 5. The summed E-state index contributed by atoms with van der Waals surface area (Å²) in [6.45, 7) is 0. The topological polar surface area (TPSA) is 72.8 Å². The Bertz CT molecular complexity index is 702. The van der Waals surface area contributed by atoms with Crippen molar-refractivity contribution in [3.05, 3.63) is 22.7 Å². The normalized spacial score (nSPS) is 17.3. The van der Waals surface area contributed by atoms with Gasteiger partial charge in [0.2, 0.25) is 6.08 Å². The Morgan fingerprint density at radius 3 is 2.43 bits per heavy atom. The minimum absolute atomic E-state index is 0.0138. The van der Waals surface area contributed by atoms with E-state index in [0.29, 0.717) is 18.4 Å². The zero-order chi connectivity index (χ0) is 15.7. The number of rotatable bonds is 4. The molecule has 0 aromatic heterocycles. The SMILES string of the molecule is COc1c(Cl)cc(C2(N=C=O)CCCC2)cc1S(C)(=O)=O. The molecule has 1 aromatic rings. The summed E-state index contributed by atoms with van der Waals surface area (Å²) in [4.78, 5) is 14.7. The van der Waals surface area contributed by atoms with Crippen molar-refractivity contribution in [3.8, 4) is 5.75 Å². The zero-order valence-electron chi connectivity index (χ0n) is 11.8. The van der Waals surface area contributed by atoms with Crippen molar-refractivity contribution in [2.24, 2.45) is 4.99 Å². The molecule has 1 fully saturated rings. The molecule has 0 heterocycles. The number of ether oxygens (including phenoxy) is 1. The summed E-state index contributed by atoms with van der Waals surface area (Å²) in [5.41, 5.74) is -0.105. The maximum Gasteiger partial charge on any atom is 0.235 e. The zero-order valence-corrected chi connectivity index (χ0v) is 13.4. The molecule has 0 unspecified atom stereocenters. The van der Waals surface area contributed by atoms with Gasteiger partial charge in [-0.15, -0.1) is 0 Å². The monoisotopic (exact) mass is 329 g/mol. The summed E-state index contributed by atoms with van der Waals surface area (Å²) in [7, 11) is -2.15. The molecule has 5 nitrogen and oxygen atoms in total. The Hall–Kier alpha value is -1.36. The van der Waals surface area contributed by atoms with E-state index < -0.39 is 15.4 Å². The number of sulfone groups is 1.